The summed E-state index contributed by atoms with van der Waals surface area (Å²) in [5, 5.41) is 7.56. The number of rotatable bonds is 10. The van der Waals surface area contributed by atoms with Gasteiger partial charge in [-0.25, -0.2) is 0 Å². The van der Waals surface area contributed by atoms with Gasteiger partial charge in [-0.15, -0.1) is 0 Å². The molecule has 20 heavy (non-hydrogen) atoms. The van der Waals surface area contributed by atoms with Crippen molar-refractivity contribution < 1.29 is 9.26 Å². The van der Waals surface area contributed by atoms with E-state index in [0.717, 1.165) is 25.8 Å². The summed E-state index contributed by atoms with van der Waals surface area (Å²) in [6.45, 7) is 12.2. The maximum absolute atomic E-state index is 5.69. The van der Waals surface area contributed by atoms with Crippen LogP contribution < -0.4 is 5.32 Å². The Kier molecular flexibility index (Phi) is 7.77. The Bertz CT molecular complexity index is 362. The number of nitrogens with zero attached hydrogens (tertiary/aromatic N) is 2. The van der Waals surface area contributed by atoms with Crippen LogP contribution in [-0.2, 0) is 4.74 Å². The van der Waals surface area contributed by atoms with E-state index in [2.05, 4.69) is 43.2 Å². The lowest BCUT2D eigenvalue weighted by Gasteiger charge is -2.17. The minimum Gasteiger partial charge on any atom is -0.370 e. The number of hydrogen-bond acceptors (Lipinski definition) is 5. The van der Waals surface area contributed by atoms with Crippen LogP contribution in [0.15, 0.2) is 4.52 Å². The summed E-state index contributed by atoms with van der Waals surface area (Å²) >= 11 is 0. The standard InChI is InChI=1S/C15H29N3O2/c1-6-9-13(19-8-3)14-17-15(20-18-14)11(4)12(5)16-10-7-2/h11-13,16H,6-10H2,1-5H3. The molecule has 5 nitrogen and oxygen atoms in total. The second kappa shape index (κ2) is 9.08. The molecule has 0 aliphatic carbocycles. The van der Waals surface area contributed by atoms with Crippen molar-refractivity contribution >= 4 is 0 Å². The van der Waals surface area contributed by atoms with Gasteiger partial charge in [0.05, 0.1) is 5.92 Å². The first kappa shape index (κ1) is 17.1. The highest BCUT2D eigenvalue weighted by Crippen LogP contribution is 2.23. The Morgan fingerprint density at radius 3 is 2.55 bits per heavy atom. The van der Waals surface area contributed by atoms with Crippen molar-refractivity contribution in [3.63, 3.8) is 0 Å². The minimum atomic E-state index is -0.0476. The van der Waals surface area contributed by atoms with Crippen LogP contribution in [0.4, 0.5) is 0 Å². The minimum absolute atomic E-state index is 0.0476. The van der Waals surface area contributed by atoms with Crippen molar-refractivity contribution in [1.82, 2.24) is 15.5 Å². The van der Waals surface area contributed by atoms with Crippen molar-refractivity contribution in [3.8, 4) is 0 Å². The van der Waals surface area contributed by atoms with Crippen LogP contribution in [0.2, 0.25) is 0 Å². The fourth-order valence-electron chi connectivity index (χ4n) is 2.08. The molecule has 0 fully saturated rings. The molecule has 3 atom stereocenters. The maximum atomic E-state index is 5.69. The molecule has 1 rings (SSSR count). The van der Waals surface area contributed by atoms with E-state index in [1.54, 1.807) is 0 Å². The molecule has 0 aliphatic heterocycles. The van der Waals surface area contributed by atoms with E-state index in [1.165, 1.54) is 0 Å². The third-order valence-electron chi connectivity index (χ3n) is 3.52. The fourth-order valence-corrected chi connectivity index (χ4v) is 2.08. The molecule has 0 saturated carbocycles. The summed E-state index contributed by atoms with van der Waals surface area (Å²) < 4.78 is 11.1. The van der Waals surface area contributed by atoms with Crippen LogP contribution >= 0.6 is 0 Å². The lowest BCUT2D eigenvalue weighted by molar-refractivity contribution is 0.0477. The molecule has 0 amide bonds. The molecule has 1 aromatic rings. The molecule has 0 spiro atoms. The molecule has 3 unspecified atom stereocenters. The van der Waals surface area contributed by atoms with Gasteiger partial charge >= 0.3 is 0 Å². The van der Waals surface area contributed by atoms with Crippen LogP contribution in [0.1, 0.15) is 77.6 Å². The summed E-state index contributed by atoms with van der Waals surface area (Å²) in [6.07, 6.45) is 3.03. The first-order valence-electron chi connectivity index (χ1n) is 7.82. The average molecular weight is 283 g/mol. The van der Waals surface area contributed by atoms with Gasteiger partial charge in [0.25, 0.3) is 0 Å². The Hall–Kier alpha value is -0.940. The quantitative estimate of drug-likeness (QED) is 0.712. The predicted molar refractivity (Wildman–Crippen MR) is 79.7 cm³/mol. The Balaban J connectivity index is 2.69. The van der Waals surface area contributed by atoms with Gasteiger partial charge in [-0.3, -0.25) is 0 Å². The topological polar surface area (TPSA) is 60.2 Å². The van der Waals surface area contributed by atoms with Crippen LogP contribution in [0.5, 0.6) is 0 Å². The molecule has 1 heterocycles. The summed E-state index contributed by atoms with van der Waals surface area (Å²) in [5.74, 6) is 1.57. The molecule has 0 bridgehead atoms. The highest BCUT2D eigenvalue weighted by molar-refractivity contribution is 4.98. The Labute approximate surface area is 122 Å². The largest absolute Gasteiger partial charge is 0.370 e. The normalized spacial score (nSPS) is 16.1. The van der Waals surface area contributed by atoms with Gasteiger partial charge in [-0.05, 0) is 33.2 Å². The highest BCUT2D eigenvalue weighted by atomic mass is 16.5. The number of ether oxygens (including phenoxy) is 1. The van der Waals surface area contributed by atoms with E-state index in [0.29, 0.717) is 24.4 Å². The van der Waals surface area contributed by atoms with Crippen LogP contribution in [-0.4, -0.2) is 29.3 Å². The van der Waals surface area contributed by atoms with Crippen molar-refractivity contribution in [2.75, 3.05) is 13.2 Å². The molecule has 0 saturated heterocycles. The molecule has 0 aromatic carbocycles. The van der Waals surface area contributed by atoms with E-state index in [-0.39, 0.29) is 12.0 Å². The van der Waals surface area contributed by atoms with Gasteiger partial charge in [0.15, 0.2) is 0 Å². The van der Waals surface area contributed by atoms with Gasteiger partial charge in [0.2, 0.25) is 11.7 Å². The van der Waals surface area contributed by atoms with E-state index < -0.39 is 0 Å². The smallest absolute Gasteiger partial charge is 0.231 e. The van der Waals surface area contributed by atoms with Crippen LogP contribution in [0, 0.1) is 0 Å². The van der Waals surface area contributed by atoms with E-state index in [4.69, 9.17) is 9.26 Å². The second-order valence-electron chi connectivity index (χ2n) is 5.25. The second-order valence-corrected chi connectivity index (χ2v) is 5.25. The Morgan fingerprint density at radius 2 is 1.95 bits per heavy atom. The molecule has 5 heteroatoms. The highest BCUT2D eigenvalue weighted by Gasteiger charge is 2.23. The summed E-state index contributed by atoms with van der Waals surface area (Å²) in [6, 6.07) is 0.319. The van der Waals surface area contributed by atoms with Crippen LogP contribution in [0.3, 0.4) is 0 Å². The van der Waals surface area contributed by atoms with Crippen LogP contribution in [0.25, 0.3) is 0 Å². The molecule has 1 N–H and O–H groups in total. The fraction of sp³-hybridized carbons (Fsp3) is 0.867. The lowest BCUT2D eigenvalue weighted by Crippen LogP contribution is -2.31. The first-order chi connectivity index (χ1) is 9.63. The van der Waals surface area contributed by atoms with Gasteiger partial charge in [-0.1, -0.05) is 32.3 Å². The van der Waals surface area contributed by atoms with Gasteiger partial charge in [0.1, 0.15) is 6.10 Å². The monoisotopic (exact) mass is 283 g/mol. The summed E-state index contributed by atoms with van der Waals surface area (Å²) in [7, 11) is 0. The van der Waals surface area contributed by atoms with Gasteiger partial charge in [0, 0.05) is 12.6 Å². The maximum Gasteiger partial charge on any atom is 0.231 e. The van der Waals surface area contributed by atoms with Crippen molar-refractivity contribution in [1.29, 1.82) is 0 Å². The average Bonchev–Trinajstić information content (AvgIpc) is 2.93. The molecule has 1 aromatic heterocycles. The molecule has 0 radical (unpaired) electrons. The molecular formula is C15H29N3O2. The first-order valence-corrected chi connectivity index (χ1v) is 7.82. The number of nitrogens with one attached hydrogen (secondary N) is 1. The van der Waals surface area contributed by atoms with Crippen molar-refractivity contribution in [2.45, 2.75) is 71.9 Å². The van der Waals surface area contributed by atoms with Gasteiger partial charge < -0.3 is 14.6 Å². The summed E-state index contributed by atoms with van der Waals surface area (Å²) in [4.78, 5) is 4.53. The van der Waals surface area contributed by atoms with E-state index in [1.807, 2.05) is 6.92 Å². The zero-order chi connectivity index (χ0) is 15.0. The van der Waals surface area contributed by atoms with Gasteiger partial charge in [-0.2, -0.15) is 4.98 Å². The van der Waals surface area contributed by atoms with Crippen molar-refractivity contribution in [2.24, 2.45) is 0 Å². The lowest BCUT2D eigenvalue weighted by atomic mass is 10.0. The van der Waals surface area contributed by atoms with Crippen molar-refractivity contribution in [3.05, 3.63) is 11.7 Å². The zero-order valence-corrected chi connectivity index (χ0v) is 13.5. The molecule has 116 valence electrons. The number of aromatic nitrogens is 2. The SMILES string of the molecule is CCCNC(C)C(C)c1nc(C(CCC)OCC)no1. The summed E-state index contributed by atoms with van der Waals surface area (Å²) in [5.41, 5.74) is 0. The third-order valence-corrected chi connectivity index (χ3v) is 3.52. The van der Waals surface area contributed by atoms with E-state index in [9.17, 15) is 0 Å². The molecule has 0 aliphatic rings. The zero-order valence-electron chi connectivity index (χ0n) is 13.5. The molecular weight excluding hydrogens is 254 g/mol. The predicted octanol–water partition coefficient (Wildman–Crippen LogP) is 3.44. The third kappa shape index (κ3) is 4.87. The Morgan fingerprint density at radius 1 is 1.20 bits per heavy atom. The number of hydrogen-bond donors (Lipinski definition) is 1. The van der Waals surface area contributed by atoms with E-state index >= 15 is 0 Å².